The van der Waals surface area contributed by atoms with Crippen LogP contribution in [0.2, 0.25) is 0 Å². The number of thiophene rings is 1. The van der Waals surface area contributed by atoms with Gasteiger partial charge in [-0.1, -0.05) is 12.1 Å². The first-order valence-electron chi connectivity index (χ1n) is 5.86. The van der Waals surface area contributed by atoms with E-state index in [0.717, 1.165) is 10.4 Å². The van der Waals surface area contributed by atoms with E-state index in [9.17, 15) is 9.18 Å². The molecule has 0 aliphatic heterocycles. The second-order valence-corrected chi connectivity index (χ2v) is 5.08. The van der Waals surface area contributed by atoms with Crippen LogP contribution in [-0.4, -0.2) is 12.6 Å². The normalized spacial score (nSPS) is 10.5. The van der Waals surface area contributed by atoms with E-state index in [1.165, 1.54) is 23.5 Å². The predicted molar refractivity (Wildman–Crippen MR) is 74.8 cm³/mol. The quantitative estimate of drug-likeness (QED) is 0.873. The Balaban J connectivity index is 2.50. The van der Waals surface area contributed by atoms with Gasteiger partial charge in [0.2, 0.25) is 0 Å². The smallest absolute Gasteiger partial charge is 0.341 e. The third-order valence-electron chi connectivity index (χ3n) is 2.74. The molecule has 19 heavy (non-hydrogen) atoms. The zero-order chi connectivity index (χ0) is 14.0. The molecule has 0 aliphatic rings. The molecule has 1 heterocycles. The Morgan fingerprint density at radius 1 is 1.47 bits per heavy atom. The fourth-order valence-electron chi connectivity index (χ4n) is 1.90. The molecule has 0 saturated heterocycles. The molecule has 1 aromatic carbocycles. The van der Waals surface area contributed by atoms with Crippen LogP contribution in [0.3, 0.4) is 0 Å². The number of nitrogen functional groups attached to an aromatic ring is 1. The van der Waals surface area contributed by atoms with Crippen molar-refractivity contribution >= 4 is 22.3 Å². The van der Waals surface area contributed by atoms with Crippen molar-refractivity contribution < 1.29 is 13.9 Å². The van der Waals surface area contributed by atoms with Crippen molar-refractivity contribution in [2.24, 2.45) is 0 Å². The maximum absolute atomic E-state index is 13.3. The lowest BCUT2D eigenvalue weighted by Gasteiger charge is -2.03. The second-order valence-electron chi connectivity index (χ2n) is 4.03. The van der Waals surface area contributed by atoms with Gasteiger partial charge in [-0.15, -0.1) is 11.3 Å². The summed E-state index contributed by atoms with van der Waals surface area (Å²) in [6.07, 6.45) is 0. The second kappa shape index (κ2) is 5.40. The number of hydrogen-bond donors (Lipinski definition) is 1. The third kappa shape index (κ3) is 2.61. The van der Waals surface area contributed by atoms with Gasteiger partial charge in [0, 0.05) is 4.88 Å². The van der Waals surface area contributed by atoms with Crippen LogP contribution in [0.15, 0.2) is 24.3 Å². The molecule has 2 rings (SSSR count). The van der Waals surface area contributed by atoms with Crippen LogP contribution in [0.1, 0.15) is 22.8 Å². The van der Waals surface area contributed by atoms with E-state index in [4.69, 9.17) is 10.5 Å². The van der Waals surface area contributed by atoms with Crippen molar-refractivity contribution in [3.05, 3.63) is 41.2 Å². The Bertz CT molecular complexity index is 622. The molecule has 0 radical (unpaired) electrons. The SMILES string of the molecule is CCOC(=O)c1c(N)sc(-c2cccc(F)c2)c1C. The number of anilines is 1. The summed E-state index contributed by atoms with van der Waals surface area (Å²) in [6.45, 7) is 3.82. The fraction of sp³-hybridized carbons (Fsp3) is 0.214. The summed E-state index contributed by atoms with van der Waals surface area (Å²) in [6, 6.07) is 6.22. The molecule has 2 N–H and O–H groups in total. The zero-order valence-electron chi connectivity index (χ0n) is 10.7. The molecular formula is C14H14FNO2S. The number of halogens is 1. The summed E-state index contributed by atoms with van der Waals surface area (Å²) in [5, 5.41) is 0.398. The van der Waals surface area contributed by atoms with Gasteiger partial charge in [0.1, 0.15) is 10.8 Å². The minimum atomic E-state index is -0.434. The first-order valence-corrected chi connectivity index (χ1v) is 6.68. The van der Waals surface area contributed by atoms with Crippen LogP contribution in [-0.2, 0) is 4.74 Å². The van der Waals surface area contributed by atoms with Crippen molar-refractivity contribution in [2.45, 2.75) is 13.8 Å². The highest BCUT2D eigenvalue weighted by molar-refractivity contribution is 7.19. The number of esters is 1. The van der Waals surface area contributed by atoms with Gasteiger partial charge in [-0.05, 0) is 37.1 Å². The van der Waals surface area contributed by atoms with Gasteiger partial charge in [0.05, 0.1) is 12.2 Å². The minimum absolute atomic E-state index is 0.295. The average molecular weight is 279 g/mol. The molecular weight excluding hydrogens is 265 g/mol. The highest BCUT2D eigenvalue weighted by atomic mass is 32.1. The first-order chi connectivity index (χ1) is 9.04. The van der Waals surface area contributed by atoms with Gasteiger partial charge in [-0.2, -0.15) is 0 Å². The standard InChI is InChI=1S/C14H14FNO2S/c1-3-18-14(17)11-8(2)12(19-13(11)16)9-5-4-6-10(15)7-9/h4-7H,3,16H2,1-2H3. The van der Waals surface area contributed by atoms with Gasteiger partial charge >= 0.3 is 5.97 Å². The van der Waals surface area contributed by atoms with Gasteiger partial charge in [0.15, 0.2) is 0 Å². The van der Waals surface area contributed by atoms with Gasteiger partial charge in [-0.25, -0.2) is 9.18 Å². The minimum Gasteiger partial charge on any atom is -0.462 e. The fourth-order valence-corrected chi connectivity index (χ4v) is 2.96. The molecule has 0 atom stereocenters. The Morgan fingerprint density at radius 2 is 2.21 bits per heavy atom. The van der Waals surface area contributed by atoms with Crippen molar-refractivity contribution in [3.8, 4) is 10.4 Å². The number of rotatable bonds is 3. The molecule has 0 fully saturated rings. The number of ether oxygens (including phenoxy) is 1. The van der Waals surface area contributed by atoms with Gasteiger partial charge in [-0.3, -0.25) is 0 Å². The highest BCUT2D eigenvalue weighted by Crippen LogP contribution is 2.38. The molecule has 0 aliphatic carbocycles. The van der Waals surface area contributed by atoms with Gasteiger partial charge < -0.3 is 10.5 Å². The molecule has 2 aromatic rings. The third-order valence-corrected chi connectivity index (χ3v) is 3.91. The summed E-state index contributed by atoms with van der Waals surface area (Å²) in [4.78, 5) is 12.6. The van der Waals surface area contributed by atoms with Crippen LogP contribution in [0.5, 0.6) is 0 Å². The summed E-state index contributed by atoms with van der Waals surface area (Å²) >= 11 is 1.27. The summed E-state index contributed by atoms with van der Waals surface area (Å²) in [5.74, 6) is -0.752. The largest absolute Gasteiger partial charge is 0.462 e. The summed E-state index contributed by atoms with van der Waals surface area (Å²) in [5.41, 5.74) is 7.69. The average Bonchev–Trinajstić information content (AvgIpc) is 2.65. The maximum atomic E-state index is 13.3. The number of benzene rings is 1. The molecule has 1 aromatic heterocycles. The molecule has 100 valence electrons. The van der Waals surface area contributed by atoms with Crippen molar-refractivity contribution in [2.75, 3.05) is 12.3 Å². The predicted octanol–water partition coefficient (Wildman–Crippen LogP) is 3.62. The van der Waals surface area contributed by atoms with Crippen LogP contribution >= 0.6 is 11.3 Å². The highest BCUT2D eigenvalue weighted by Gasteiger charge is 2.21. The monoisotopic (exact) mass is 279 g/mol. The molecule has 3 nitrogen and oxygen atoms in total. The van der Waals surface area contributed by atoms with Crippen molar-refractivity contribution in [3.63, 3.8) is 0 Å². The van der Waals surface area contributed by atoms with E-state index in [-0.39, 0.29) is 5.82 Å². The lowest BCUT2D eigenvalue weighted by Crippen LogP contribution is -2.07. The topological polar surface area (TPSA) is 52.3 Å². The molecule has 0 amide bonds. The Hall–Kier alpha value is -1.88. The number of carbonyl (C=O) groups is 1. The van der Waals surface area contributed by atoms with E-state index >= 15 is 0 Å². The number of carbonyl (C=O) groups excluding carboxylic acids is 1. The first kappa shape index (κ1) is 13.5. The van der Waals surface area contributed by atoms with E-state index in [0.29, 0.717) is 22.7 Å². The van der Waals surface area contributed by atoms with Crippen LogP contribution in [0, 0.1) is 12.7 Å². The Kier molecular flexibility index (Phi) is 3.85. The van der Waals surface area contributed by atoms with Crippen LogP contribution in [0.4, 0.5) is 9.39 Å². The van der Waals surface area contributed by atoms with E-state index in [1.807, 2.05) is 0 Å². The summed E-state index contributed by atoms with van der Waals surface area (Å²) in [7, 11) is 0. The van der Waals surface area contributed by atoms with E-state index in [1.54, 1.807) is 26.0 Å². The Morgan fingerprint density at radius 3 is 2.84 bits per heavy atom. The summed E-state index contributed by atoms with van der Waals surface area (Å²) < 4.78 is 18.2. The maximum Gasteiger partial charge on any atom is 0.341 e. The van der Waals surface area contributed by atoms with Crippen LogP contribution in [0.25, 0.3) is 10.4 Å². The van der Waals surface area contributed by atoms with Crippen molar-refractivity contribution in [1.82, 2.24) is 0 Å². The molecule has 0 spiro atoms. The zero-order valence-corrected chi connectivity index (χ0v) is 11.5. The van der Waals surface area contributed by atoms with E-state index < -0.39 is 5.97 Å². The number of hydrogen-bond acceptors (Lipinski definition) is 4. The lowest BCUT2D eigenvalue weighted by atomic mass is 10.1. The molecule has 5 heteroatoms. The Labute approximate surface area is 114 Å². The molecule has 0 bridgehead atoms. The lowest BCUT2D eigenvalue weighted by molar-refractivity contribution is 0.0527. The number of nitrogens with two attached hydrogens (primary N) is 1. The molecule has 0 saturated carbocycles. The van der Waals surface area contributed by atoms with Crippen molar-refractivity contribution in [1.29, 1.82) is 0 Å². The van der Waals surface area contributed by atoms with Gasteiger partial charge in [0.25, 0.3) is 0 Å². The van der Waals surface area contributed by atoms with Crippen LogP contribution < -0.4 is 5.73 Å². The molecule has 0 unspecified atom stereocenters. The van der Waals surface area contributed by atoms with E-state index in [2.05, 4.69) is 0 Å².